The first kappa shape index (κ1) is 9.95. The SMILES string of the molecule is C=C(C)C(=O)OC(C)=C(C)C. The molecular formula is C9H14O2. The molecule has 0 spiro atoms. The summed E-state index contributed by atoms with van der Waals surface area (Å²) in [5, 5.41) is 0. The first-order valence-electron chi connectivity index (χ1n) is 3.47. The summed E-state index contributed by atoms with van der Waals surface area (Å²) in [4.78, 5) is 10.9. The summed E-state index contributed by atoms with van der Waals surface area (Å²) in [6.45, 7) is 10.6. The molecule has 0 saturated heterocycles. The van der Waals surface area contributed by atoms with Crippen molar-refractivity contribution in [3.05, 3.63) is 23.5 Å². The monoisotopic (exact) mass is 154 g/mol. The van der Waals surface area contributed by atoms with Crippen molar-refractivity contribution in [3.63, 3.8) is 0 Å². The van der Waals surface area contributed by atoms with Gasteiger partial charge in [0.1, 0.15) is 5.76 Å². The first-order chi connectivity index (χ1) is 4.95. The van der Waals surface area contributed by atoms with E-state index in [1.807, 2.05) is 13.8 Å². The Balaban J connectivity index is 4.18. The summed E-state index contributed by atoms with van der Waals surface area (Å²) in [5.41, 5.74) is 1.42. The van der Waals surface area contributed by atoms with Crippen LogP contribution < -0.4 is 0 Å². The van der Waals surface area contributed by atoms with Crippen molar-refractivity contribution >= 4 is 5.97 Å². The third-order valence-corrected chi connectivity index (χ3v) is 1.30. The van der Waals surface area contributed by atoms with Crippen LogP contribution in [0.3, 0.4) is 0 Å². The number of allylic oxidation sites excluding steroid dienone is 2. The predicted molar refractivity (Wildman–Crippen MR) is 45.0 cm³/mol. The summed E-state index contributed by atoms with van der Waals surface area (Å²) < 4.78 is 4.91. The molecule has 0 fully saturated rings. The van der Waals surface area contributed by atoms with Gasteiger partial charge in [-0.2, -0.15) is 0 Å². The van der Waals surface area contributed by atoms with Crippen molar-refractivity contribution in [2.75, 3.05) is 0 Å². The van der Waals surface area contributed by atoms with Crippen LogP contribution in [-0.4, -0.2) is 5.97 Å². The van der Waals surface area contributed by atoms with Gasteiger partial charge < -0.3 is 4.74 Å². The molecule has 0 saturated carbocycles. The molecule has 0 radical (unpaired) electrons. The predicted octanol–water partition coefficient (Wildman–Crippen LogP) is 2.42. The second-order valence-electron chi connectivity index (χ2n) is 2.73. The van der Waals surface area contributed by atoms with E-state index in [1.54, 1.807) is 13.8 Å². The Kier molecular flexibility index (Phi) is 3.58. The standard InChI is InChI=1S/C9H14O2/c1-6(2)8(5)11-9(10)7(3)4/h3H2,1-2,4-5H3. The molecule has 0 atom stereocenters. The van der Waals surface area contributed by atoms with Gasteiger partial charge >= 0.3 is 5.97 Å². The van der Waals surface area contributed by atoms with Gasteiger partial charge in [0.15, 0.2) is 0 Å². The molecule has 0 aliphatic carbocycles. The van der Waals surface area contributed by atoms with E-state index in [0.717, 1.165) is 5.57 Å². The maximum absolute atomic E-state index is 10.9. The van der Waals surface area contributed by atoms with Crippen molar-refractivity contribution in [2.24, 2.45) is 0 Å². The summed E-state index contributed by atoms with van der Waals surface area (Å²) in [5.74, 6) is 0.293. The molecule has 0 N–H and O–H groups in total. The molecular weight excluding hydrogens is 140 g/mol. The van der Waals surface area contributed by atoms with Crippen LogP contribution in [0.4, 0.5) is 0 Å². The minimum absolute atomic E-state index is 0.358. The zero-order valence-corrected chi connectivity index (χ0v) is 7.52. The van der Waals surface area contributed by atoms with Crippen LogP contribution in [0, 0.1) is 0 Å². The topological polar surface area (TPSA) is 26.3 Å². The zero-order valence-electron chi connectivity index (χ0n) is 7.52. The summed E-state index contributed by atoms with van der Waals surface area (Å²) in [6.07, 6.45) is 0. The molecule has 2 heteroatoms. The van der Waals surface area contributed by atoms with Crippen LogP contribution >= 0.6 is 0 Å². The van der Waals surface area contributed by atoms with Gasteiger partial charge in [0.05, 0.1) is 0 Å². The highest BCUT2D eigenvalue weighted by Gasteiger charge is 2.04. The van der Waals surface area contributed by atoms with E-state index in [9.17, 15) is 4.79 Å². The Labute approximate surface area is 67.6 Å². The Morgan fingerprint density at radius 2 is 1.64 bits per heavy atom. The van der Waals surface area contributed by atoms with Gasteiger partial charge in [-0.3, -0.25) is 0 Å². The molecule has 0 unspecified atom stereocenters. The Morgan fingerprint density at radius 1 is 1.18 bits per heavy atom. The fraction of sp³-hybridized carbons (Fsp3) is 0.444. The van der Waals surface area contributed by atoms with Crippen molar-refractivity contribution in [3.8, 4) is 0 Å². The van der Waals surface area contributed by atoms with Crippen LogP contribution in [0.2, 0.25) is 0 Å². The average molecular weight is 154 g/mol. The quantitative estimate of drug-likeness (QED) is 0.347. The van der Waals surface area contributed by atoms with E-state index in [1.165, 1.54) is 0 Å². The highest BCUT2D eigenvalue weighted by molar-refractivity contribution is 5.87. The van der Waals surface area contributed by atoms with Crippen LogP contribution in [-0.2, 0) is 9.53 Å². The van der Waals surface area contributed by atoms with E-state index in [4.69, 9.17) is 4.74 Å². The molecule has 0 rings (SSSR count). The molecule has 62 valence electrons. The number of rotatable bonds is 2. The minimum Gasteiger partial charge on any atom is -0.428 e. The summed E-state index contributed by atoms with van der Waals surface area (Å²) in [7, 11) is 0. The molecule has 0 bridgehead atoms. The molecule has 0 aromatic rings. The lowest BCUT2D eigenvalue weighted by atomic mass is 10.3. The average Bonchev–Trinajstić information content (AvgIpc) is 1.87. The molecule has 0 aromatic carbocycles. The molecule has 0 aromatic heterocycles. The van der Waals surface area contributed by atoms with E-state index < -0.39 is 0 Å². The van der Waals surface area contributed by atoms with Crippen molar-refractivity contribution in [1.29, 1.82) is 0 Å². The molecule has 11 heavy (non-hydrogen) atoms. The molecule has 0 amide bonds. The number of hydrogen-bond acceptors (Lipinski definition) is 2. The summed E-state index contributed by atoms with van der Waals surface area (Å²) >= 11 is 0. The second-order valence-corrected chi connectivity index (χ2v) is 2.73. The van der Waals surface area contributed by atoms with Crippen molar-refractivity contribution in [1.82, 2.24) is 0 Å². The van der Waals surface area contributed by atoms with Crippen LogP contribution in [0.25, 0.3) is 0 Å². The number of carbonyl (C=O) groups is 1. The molecule has 0 heterocycles. The van der Waals surface area contributed by atoms with Crippen LogP contribution in [0.5, 0.6) is 0 Å². The smallest absolute Gasteiger partial charge is 0.338 e. The first-order valence-corrected chi connectivity index (χ1v) is 3.47. The number of carbonyl (C=O) groups excluding carboxylic acids is 1. The molecule has 0 aliphatic heterocycles. The van der Waals surface area contributed by atoms with Gasteiger partial charge in [-0.05, 0) is 33.3 Å². The Hall–Kier alpha value is -1.05. The Bertz CT molecular complexity index is 208. The highest BCUT2D eigenvalue weighted by atomic mass is 16.5. The molecule has 2 nitrogen and oxygen atoms in total. The van der Waals surface area contributed by atoms with Crippen molar-refractivity contribution < 1.29 is 9.53 Å². The van der Waals surface area contributed by atoms with Crippen LogP contribution in [0.1, 0.15) is 27.7 Å². The van der Waals surface area contributed by atoms with E-state index in [0.29, 0.717) is 11.3 Å². The van der Waals surface area contributed by atoms with E-state index in [2.05, 4.69) is 6.58 Å². The molecule has 0 aliphatic rings. The Morgan fingerprint density at radius 3 is 1.91 bits per heavy atom. The maximum Gasteiger partial charge on any atom is 0.338 e. The second kappa shape index (κ2) is 3.96. The van der Waals surface area contributed by atoms with Gasteiger partial charge in [-0.25, -0.2) is 4.79 Å². The lowest BCUT2D eigenvalue weighted by Crippen LogP contribution is -2.03. The number of esters is 1. The fourth-order valence-electron chi connectivity index (χ4n) is 0.328. The van der Waals surface area contributed by atoms with Gasteiger partial charge in [-0.1, -0.05) is 6.58 Å². The summed E-state index contributed by atoms with van der Waals surface area (Å²) in [6, 6.07) is 0. The normalized spacial score (nSPS) is 8.73. The number of hydrogen-bond donors (Lipinski definition) is 0. The fourth-order valence-corrected chi connectivity index (χ4v) is 0.328. The van der Waals surface area contributed by atoms with Gasteiger partial charge in [0.25, 0.3) is 0 Å². The van der Waals surface area contributed by atoms with Crippen molar-refractivity contribution in [2.45, 2.75) is 27.7 Å². The third-order valence-electron chi connectivity index (χ3n) is 1.30. The van der Waals surface area contributed by atoms with Gasteiger partial charge in [0.2, 0.25) is 0 Å². The maximum atomic E-state index is 10.9. The lowest BCUT2D eigenvalue weighted by Gasteiger charge is -2.04. The third kappa shape index (κ3) is 3.61. The largest absolute Gasteiger partial charge is 0.428 e. The van der Waals surface area contributed by atoms with Gasteiger partial charge in [-0.15, -0.1) is 0 Å². The highest BCUT2D eigenvalue weighted by Crippen LogP contribution is 2.06. The minimum atomic E-state index is -0.358. The lowest BCUT2D eigenvalue weighted by molar-refractivity contribution is -0.134. The van der Waals surface area contributed by atoms with E-state index in [-0.39, 0.29) is 5.97 Å². The zero-order chi connectivity index (χ0) is 9.02. The van der Waals surface area contributed by atoms with Gasteiger partial charge in [0, 0.05) is 5.57 Å². The number of ether oxygens (including phenoxy) is 1. The van der Waals surface area contributed by atoms with Crippen LogP contribution in [0.15, 0.2) is 23.5 Å². The van der Waals surface area contributed by atoms with E-state index >= 15 is 0 Å².